The van der Waals surface area contributed by atoms with E-state index in [2.05, 4.69) is 0 Å². The van der Waals surface area contributed by atoms with E-state index in [1.165, 1.54) is 0 Å². The van der Waals surface area contributed by atoms with Crippen molar-refractivity contribution in [1.29, 1.82) is 0 Å². The van der Waals surface area contributed by atoms with Crippen LogP contribution in [0, 0.1) is 6.58 Å². The summed E-state index contributed by atoms with van der Waals surface area (Å²) in [5.41, 5.74) is 1.98. The van der Waals surface area contributed by atoms with Gasteiger partial charge in [0.2, 0.25) is 0 Å². The van der Waals surface area contributed by atoms with Crippen LogP contribution in [-0.4, -0.2) is 0 Å². The van der Waals surface area contributed by atoms with Crippen molar-refractivity contribution in [2.75, 3.05) is 0 Å². The van der Waals surface area contributed by atoms with Gasteiger partial charge in [0, 0.05) is 21.1 Å². The topological polar surface area (TPSA) is 0 Å². The van der Waals surface area contributed by atoms with E-state index in [0.29, 0.717) is 0 Å². The zero-order chi connectivity index (χ0) is 6.69. The van der Waals surface area contributed by atoms with Gasteiger partial charge in [0.05, 0.1) is 0 Å². The van der Waals surface area contributed by atoms with Crippen molar-refractivity contribution in [3.05, 3.63) is 42.5 Å². The summed E-state index contributed by atoms with van der Waals surface area (Å²) in [6, 6.07) is 9.93. The van der Waals surface area contributed by atoms with Crippen molar-refractivity contribution in [1.82, 2.24) is 0 Å². The smallest absolute Gasteiger partial charge is 0 e. The van der Waals surface area contributed by atoms with Crippen molar-refractivity contribution in [3.63, 3.8) is 0 Å². The maximum atomic E-state index is 5.53. The molecule has 0 aliphatic carbocycles. The minimum atomic E-state index is 0. The van der Waals surface area contributed by atoms with Gasteiger partial charge in [0.15, 0.2) is 0 Å². The molecule has 0 aromatic heterocycles. The molecule has 0 bridgehead atoms. The maximum Gasteiger partial charge on any atom is 0 e. The van der Waals surface area contributed by atoms with Gasteiger partial charge in [-0.25, -0.2) is 0 Å². The molecule has 0 amide bonds. The predicted molar refractivity (Wildman–Crippen MR) is 39.8 cm³/mol. The van der Waals surface area contributed by atoms with Gasteiger partial charge >= 0.3 is 0 Å². The summed E-state index contributed by atoms with van der Waals surface area (Å²) >= 11 is 0. The second-order valence-corrected chi connectivity index (χ2v) is 2.05. The van der Waals surface area contributed by atoms with Gasteiger partial charge in [-0.15, -0.1) is 0 Å². The Kier molecular flexibility index (Phi) is 4.30. The van der Waals surface area contributed by atoms with E-state index >= 15 is 0 Å². The third kappa shape index (κ3) is 2.49. The fraction of sp³-hybridized carbons (Fsp3) is 0.111. The Morgan fingerprint density at radius 2 is 1.70 bits per heavy atom. The van der Waals surface area contributed by atoms with Crippen molar-refractivity contribution in [2.24, 2.45) is 0 Å². The van der Waals surface area contributed by atoms with Crippen molar-refractivity contribution in [3.8, 4) is 0 Å². The molecule has 1 heteroatoms. The Hall–Kier alpha value is -0.352. The molecule has 1 radical (unpaired) electrons. The number of hydrogen-bond acceptors (Lipinski definition) is 0. The molecule has 0 spiro atoms. The van der Waals surface area contributed by atoms with E-state index in [1.54, 1.807) is 0 Å². The SMILES string of the molecule is [CH]=C(C)c1ccccc1.[Pt]. The van der Waals surface area contributed by atoms with Crippen LogP contribution in [0.4, 0.5) is 0 Å². The summed E-state index contributed by atoms with van der Waals surface area (Å²) in [6.45, 7) is 7.43. The molecule has 1 aromatic rings. The molecule has 0 unspecified atom stereocenters. The molecule has 55 valence electrons. The Balaban J connectivity index is 0.000000810. The first-order valence-corrected chi connectivity index (χ1v) is 2.95. The number of benzene rings is 1. The molecular weight excluding hydrogens is 303 g/mol. The van der Waals surface area contributed by atoms with Crippen LogP contribution >= 0.6 is 0 Å². The minimum absolute atomic E-state index is 0. The molecule has 0 nitrogen and oxygen atoms in total. The standard InChI is InChI=1S/C9H9.Pt/c1-8(2)9-6-4-3-5-7-9;/h1,3-7H,2H3;. The number of hydrogen-bond donors (Lipinski definition) is 0. The van der Waals surface area contributed by atoms with Crippen molar-refractivity contribution < 1.29 is 21.1 Å². The van der Waals surface area contributed by atoms with Gasteiger partial charge in [-0.1, -0.05) is 36.9 Å². The van der Waals surface area contributed by atoms with Crippen LogP contribution in [0.3, 0.4) is 0 Å². The molecule has 0 heterocycles. The first-order chi connectivity index (χ1) is 4.30. The molecule has 0 atom stereocenters. The monoisotopic (exact) mass is 312 g/mol. The molecule has 0 aliphatic heterocycles. The molecule has 10 heavy (non-hydrogen) atoms. The van der Waals surface area contributed by atoms with E-state index in [4.69, 9.17) is 6.58 Å². The van der Waals surface area contributed by atoms with Crippen LogP contribution in [0.25, 0.3) is 5.57 Å². The van der Waals surface area contributed by atoms with Crippen LogP contribution < -0.4 is 0 Å². The average Bonchev–Trinajstić information content (AvgIpc) is 1.90. The van der Waals surface area contributed by atoms with Gasteiger partial charge in [-0.3, -0.25) is 0 Å². The molecule has 0 N–H and O–H groups in total. The van der Waals surface area contributed by atoms with Gasteiger partial charge in [-0.2, -0.15) is 0 Å². The Morgan fingerprint density at radius 3 is 2.00 bits per heavy atom. The normalized spacial score (nSPS) is 8.10. The quantitative estimate of drug-likeness (QED) is 0.747. The summed E-state index contributed by atoms with van der Waals surface area (Å²) in [6.07, 6.45) is 0. The van der Waals surface area contributed by atoms with E-state index in [9.17, 15) is 0 Å². The minimum Gasteiger partial charge on any atom is -0.0622 e. The molecule has 1 rings (SSSR count). The first kappa shape index (κ1) is 9.65. The van der Waals surface area contributed by atoms with Crippen LogP contribution in [-0.2, 0) is 21.1 Å². The second kappa shape index (κ2) is 4.46. The maximum absolute atomic E-state index is 5.53. The van der Waals surface area contributed by atoms with Crippen LogP contribution in [0.2, 0.25) is 0 Å². The van der Waals surface area contributed by atoms with Gasteiger partial charge in [0.25, 0.3) is 0 Å². The molecule has 0 saturated carbocycles. The van der Waals surface area contributed by atoms with Crippen molar-refractivity contribution in [2.45, 2.75) is 6.92 Å². The first-order valence-electron chi connectivity index (χ1n) is 2.95. The fourth-order valence-electron chi connectivity index (χ4n) is 0.701. The summed E-state index contributed by atoms with van der Waals surface area (Å²) in [4.78, 5) is 0. The Morgan fingerprint density at radius 1 is 1.20 bits per heavy atom. The predicted octanol–water partition coefficient (Wildman–Crippen LogP) is 2.52. The van der Waals surface area contributed by atoms with E-state index in [-0.39, 0.29) is 21.1 Å². The molecule has 0 aliphatic rings. The third-order valence-corrected chi connectivity index (χ3v) is 1.23. The number of allylic oxidation sites excluding steroid dienone is 1. The van der Waals surface area contributed by atoms with E-state index < -0.39 is 0 Å². The summed E-state index contributed by atoms with van der Waals surface area (Å²) in [5, 5.41) is 0. The van der Waals surface area contributed by atoms with E-state index in [1.807, 2.05) is 37.3 Å². The zero-order valence-corrected chi connectivity index (χ0v) is 8.05. The molecule has 1 aromatic carbocycles. The van der Waals surface area contributed by atoms with Gasteiger partial charge < -0.3 is 0 Å². The van der Waals surface area contributed by atoms with Crippen LogP contribution in [0.1, 0.15) is 12.5 Å². The summed E-state index contributed by atoms with van der Waals surface area (Å²) < 4.78 is 0. The van der Waals surface area contributed by atoms with Crippen LogP contribution in [0.5, 0.6) is 0 Å². The average molecular weight is 312 g/mol. The molecular formula is C9H9Pt. The fourth-order valence-corrected chi connectivity index (χ4v) is 0.701. The largest absolute Gasteiger partial charge is 0.0622 e. The van der Waals surface area contributed by atoms with E-state index in [0.717, 1.165) is 11.1 Å². The second-order valence-electron chi connectivity index (χ2n) is 2.05. The van der Waals surface area contributed by atoms with Gasteiger partial charge in [0.1, 0.15) is 0 Å². The van der Waals surface area contributed by atoms with Gasteiger partial charge in [-0.05, 0) is 18.1 Å². The zero-order valence-electron chi connectivity index (χ0n) is 5.78. The molecule has 0 saturated heterocycles. The third-order valence-electron chi connectivity index (χ3n) is 1.23. The summed E-state index contributed by atoms with van der Waals surface area (Å²) in [5.74, 6) is 0. The molecule has 0 fully saturated rings. The van der Waals surface area contributed by atoms with Crippen LogP contribution in [0.15, 0.2) is 30.3 Å². The van der Waals surface area contributed by atoms with Crippen molar-refractivity contribution >= 4 is 5.57 Å². The summed E-state index contributed by atoms with van der Waals surface area (Å²) in [7, 11) is 0. The Labute approximate surface area is 76.2 Å². The Bertz CT molecular complexity index is 201. The number of rotatable bonds is 1.